The number of carbonyl (C=O) groups is 1. The number of fused-ring (bicyclic) bond motifs is 2. The Morgan fingerprint density at radius 1 is 1.06 bits per heavy atom. The lowest BCUT2D eigenvalue weighted by atomic mass is 10.1. The molecular weight excluding hydrogens is 244 g/mol. The van der Waals surface area contributed by atoms with Gasteiger partial charge in [-0.2, -0.15) is 0 Å². The molecule has 1 heterocycles. The van der Waals surface area contributed by atoms with Crippen LogP contribution < -0.4 is 10.6 Å². The highest BCUT2D eigenvalue weighted by molar-refractivity contribution is 7.98. The molecule has 2 aromatic carbocycles. The molecule has 0 saturated heterocycles. The molecule has 1 aliphatic rings. The number of nitrogens with two attached hydrogens (primary N) is 1. The van der Waals surface area contributed by atoms with Gasteiger partial charge < -0.3 is 5.73 Å². The van der Waals surface area contributed by atoms with Gasteiger partial charge in [0.1, 0.15) is 0 Å². The molecule has 0 bridgehead atoms. The standard InChI is InChI=1S/C14H12N2OS/c15-14(17)16-11-6-2-1-5-10(11)9-18-13-8-4-3-7-12(13)16/h1-8H,9H2,(H2,15,17). The summed E-state index contributed by atoms with van der Waals surface area (Å²) in [4.78, 5) is 14.4. The van der Waals surface area contributed by atoms with E-state index in [0.29, 0.717) is 0 Å². The fraction of sp³-hybridized carbons (Fsp3) is 0.0714. The van der Waals surface area contributed by atoms with Crippen LogP contribution in [0.3, 0.4) is 0 Å². The maximum atomic E-state index is 11.8. The number of hydrogen-bond acceptors (Lipinski definition) is 2. The van der Waals surface area contributed by atoms with E-state index in [1.807, 2.05) is 48.5 Å². The van der Waals surface area contributed by atoms with E-state index < -0.39 is 6.03 Å². The van der Waals surface area contributed by atoms with Crippen LogP contribution in [0.25, 0.3) is 0 Å². The zero-order valence-corrected chi connectivity index (χ0v) is 10.5. The second-order valence-electron chi connectivity index (χ2n) is 4.06. The summed E-state index contributed by atoms with van der Waals surface area (Å²) in [6, 6.07) is 15.3. The molecule has 3 nitrogen and oxygen atoms in total. The molecule has 18 heavy (non-hydrogen) atoms. The lowest BCUT2D eigenvalue weighted by Crippen LogP contribution is -2.31. The largest absolute Gasteiger partial charge is 0.351 e. The first kappa shape index (κ1) is 11.2. The highest BCUT2D eigenvalue weighted by Gasteiger charge is 2.23. The first-order chi connectivity index (χ1) is 8.77. The third-order valence-electron chi connectivity index (χ3n) is 2.94. The SMILES string of the molecule is NC(=O)N1c2ccccc2CSc2ccccc21. The van der Waals surface area contributed by atoms with Crippen molar-refractivity contribution in [2.45, 2.75) is 10.6 Å². The number of rotatable bonds is 0. The van der Waals surface area contributed by atoms with Gasteiger partial charge in [-0.05, 0) is 23.8 Å². The number of benzene rings is 2. The Morgan fingerprint density at radius 3 is 2.50 bits per heavy atom. The summed E-state index contributed by atoms with van der Waals surface area (Å²) in [5.41, 5.74) is 8.41. The Hall–Kier alpha value is -1.94. The molecule has 2 amide bonds. The second-order valence-corrected chi connectivity index (χ2v) is 5.08. The van der Waals surface area contributed by atoms with Crippen LogP contribution in [-0.4, -0.2) is 6.03 Å². The van der Waals surface area contributed by atoms with E-state index in [2.05, 4.69) is 0 Å². The van der Waals surface area contributed by atoms with Gasteiger partial charge in [-0.1, -0.05) is 30.3 Å². The minimum atomic E-state index is -0.447. The summed E-state index contributed by atoms with van der Waals surface area (Å²) >= 11 is 1.72. The highest BCUT2D eigenvalue weighted by atomic mass is 32.2. The van der Waals surface area contributed by atoms with Gasteiger partial charge in [0.15, 0.2) is 0 Å². The van der Waals surface area contributed by atoms with Gasteiger partial charge in [-0.3, -0.25) is 4.90 Å². The maximum absolute atomic E-state index is 11.8. The lowest BCUT2D eigenvalue weighted by molar-refractivity contribution is 0.256. The van der Waals surface area contributed by atoms with Gasteiger partial charge in [-0.15, -0.1) is 11.8 Å². The van der Waals surface area contributed by atoms with Crippen molar-refractivity contribution in [2.75, 3.05) is 4.90 Å². The fourth-order valence-corrected chi connectivity index (χ4v) is 3.17. The van der Waals surface area contributed by atoms with Crippen LogP contribution in [0, 0.1) is 0 Å². The molecule has 1 aliphatic heterocycles. The average molecular weight is 256 g/mol. The Balaban J connectivity index is 2.24. The Morgan fingerprint density at radius 2 is 1.72 bits per heavy atom. The quantitative estimate of drug-likeness (QED) is 0.784. The van der Waals surface area contributed by atoms with Gasteiger partial charge in [-0.25, -0.2) is 4.79 Å². The van der Waals surface area contributed by atoms with E-state index in [9.17, 15) is 4.79 Å². The van der Waals surface area contributed by atoms with Crippen molar-refractivity contribution in [3.8, 4) is 0 Å². The van der Waals surface area contributed by atoms with Crippen LogP contribution in [0.2, 0.25) is 0 Å². The fourth-order valence-electron chi connectivity index (χ4n) is 2.14. The van der Waals surface area contributed by atoms with Gasteiger partial charge in [0.05, 0.1) is 11.4 Å². The van der Waals surface area contributed by atoms with Gasteiger partial charge >= 0.3 is 6.03 Å². The summed E-state index contributed by atoms with van der Waals surface area (Å²) in [6.45, 7) is 0. The van der Waals surface area contributed by atoms with Crippen LogP contribution in [0.1, 0.15) is 5.56 Å². The minimum Gasteiger partial charge on any atom is -0.351 e. The van der Waals surface area contributed by atoms with Crippen LogP contribution in [-0.2, 0) is 5.75 Å². The topological polar surface area (TPSA) is 46.3 Å². The van der Waals surface area contributed by atoms with E-state index in [4.69, 9.17) is 5.73 Å². The number of urea groups is 1. The van der Waals surface area contributed by atoms with Crippen molar-refractivity contribution < 1.29 is 4.79 Å². The average Bonchev–Trinajstić information content (AvgIpc) is 2.55. The number of hydrogen-bond donors (Lipinski definition) is 1. The zero-order chi connectivity index (χ0) is 12.5. The van der Waals surface area contributed by atoms with Gasteiger partial charge in [0.25, 0.3) is 0 Å². The van der Waals surface area contributed by atoms with E-state index in [1.165, 1.54) is 0 Å². The van der Waals surface area contributed by atoms with Crippen molar-refractivity contribution in [2.24, 2.45) is 5.73 Å². The molecule has 0 saturated carbocycles. The summed E-state index contributed by atoms with van der Waals surface area (Å²) in [7, 11) is 0. The van der Waals surface area contributed by atoms with Crippen molar-refractivity contribution in [3.63, 3.8) is 0 Å². The molecular formula is C14H12N2OS. The van der Waals surface area contributed by atoms with E-state index in [-0.39, 0.29) is 0 Å². The van der Waals surface area contributed by atoms with Gasteiger partial charge in [0, 0.05) is 10.6 Å². The molecule has 0 radical (unpaired) electrons. The Labute approximate surface area is 110 Å². The molecule has 0 spiro atoms. The van der Waals surface area contributed by atoms with Crippen molar-refractivity contribution >= 4 is 29.2 Å². The summed E-state index contributed by atoms with van der Waals surface area (Å²) < 4.78 is 0. The first-order valence-electron chi connectivity index (χ1n) is 5.66. The number of primary amides is 1. The Bertz CT molecular complexity index is 565. The normalized spacial score (nSPS) is 13.4. The lowest BCUT2D eigenvalue weighted by Gasteiger charge is -2.22. The number of carbonyl (C=O) groups excluding carboxylic acids is 1. The van der Waals surface area contributed by atoms with E-state index >= 15 is 0 Å². The minimum absolute atomic E-state index is 0.447. The smallest absolute Gasteiger partial charge is 0.323 e. The van der Waals surface area contributed by atoms with Crippen molar-refractivity contribution in [3.05, 3.63) is 54.1 Å². The monoisotopic (exact) mass is 256 g/mol. The molecule has 3 rings (SSSR count). The predicted octanol–water partition coefficient (Wildman–Crippen LogP) is 3.51. The van der Waals surface area contributed by atoms with Crippen molar-refractivity contribution in [1.29, 1.82) is 0 Å². The van der Waals surface area contributed by atoms with Crippen LogP contribution in [0.4, 0.5) is 16.2 Å². The number of amides is 2. The number of para-hydroxylation sites is 2. The van der Waals surface area contributed by atoms with Crippen molar-refractivity contribution in [1.82, 2.24) is 0 Å². The summed E-state index contributed by atoms with van der Waals surface area (Å²) in [6.07, 6.45) is 0. The molecule has 2 N–H and O–H groups in total. The molecule has 90 valence electrons. The number of anilines is 2. The summed E-state index contributed by atoms with van der Waals surface area (Å²) in [5, 5.41) is 0. The predicted molar refractivity (Wildman–Crippen MR) is 74.2 cm³/mol. The molecule has 0 fully saturated rings. The third-order valence-corrected chi connectivity index (χ3v) is 4.05. The van der Waals surface area contributed by atoms with E-state index in [1.54, 1.807) is 16.7 Å². The molecule has 0 aliphatic carbocycles. The molecule has 2 aromatic rings. The van der Waals surface area contributed by atoms with Crippen LogP contribution >= 0.6 is 11.8 Å². The molecule has 0 atom stereocenters. The highest BCUT2D eigenvalue weighted by Crippen LogP contribution is 2.41. The third kappa shape index (κ3) is 1.75. The molecule has 0 unspecified atom stereocenters. The number of nitrogens with zero attached hydrogens (tertiary/aromatic N) is 1. The van der Waals surface area contributed by atoms with Gasteiger partial charge in [0.2, 0.25) is 0 Å². The molecule has 4 heteroatoms. The van der Waals surface area contributed by atoms with Crippen LogP contribution in [0.15, 0.2) is 53.4 Å². The Kier molecular flexibility index (Phi) is 2.72. The maximum Gasteiger partial charge on any atom is 0.323 e. The number of thioether (sulfide) groups is 1. The molecule has 0 aromatic heterocycles. The first-order valence-corrected chi connectivity index (χ1v) is 6.65. The van der Waals surface area contributed by atoms with E-state index in [0.717, 1.165) is 27.6 Å². The zero-order valence-electron chi connectivity index (χ0n) is 9.67. The van der Waals surface area contributed by atoms with Crippen LogP contribution in [0.5, 0.6) is 0 Å². The summed E-state index contributed by atoms with van der Waals surface area (Å²) in [5.74, 6) is 0.844. The second kappa shape index (κ2) is 4.38.